The number of nitrogens with zero attached hydrogens (tertiary/aromatic N) is 3. The van der Waals surface area contributed by atoms with Crippen molar-refractivity contribution >= 4 is 29.9 Å². The number of halogens is 1. The zero-order valence-electron chi connectivity index (χ0n) is 16.3. The van der Waals surface area contributed by atoms with Gasteiger partial charge in [-0.2, -0.15) is 0 Å². The molecule has 0 bridgehead atoms. The van der Waals surface area contributed by atoms with Crippen molar-refractivity contribution in [2.45, 2.75) is 52.9 Å². The van der Waals surface area contributed by atoms with Gasteiger partial charge in [0.15, 0.2) is 5.96 Å². The van der Waals surface area contributed by atoms with Crippen molar-refractivity contribution in [1.82, 2.24) is 15.1 Å². The minimum atomic E-state index is 0. The van der Waals surface area contributed by atoms with Crippen molar-refractivity contribution in [2.75, 3.05) is 46.3 Å². The summed E-state index contributed by atoms with van der Waals surface area (Å²) >= 11 is 0. The van der Waals surface area contributed by atoms with Crippen LogP contribution in [0.4, 0.5) is 0 Å². The first-order valence-corrected chi connectivity index (χ1v) is 9.89. The SMILES string of the molecule is CCNC(=NCC1CCCN(C)C1)N1CCC(C(CC)CC)C1.I. The fourth-order valence-corrected chi connectivity index (χ4v) is 4.38. The lowest BCUT2D eigenvalue weighted by atomic mass is 9.87. The van der Waals surface area contributed by atoms with Crippen LogP contribution in [-0.4, -0.2) is 62.1 Å². The average molecular weight is 450 g/mol. The summed E-state index contributed by atoms with van der Waals surface area (Å²) < 4.78 is 0. The summed E-state index contributed by atoms with van der Waals surface area (Å²) in [6.45, 7) is 13.7. The van der Waals surface area contributed by atoms with Crippen LogP contribution in [0, 0.1) is 17.8 Å². The molecule has 2 aliphatic heterocycles. The van der Waals surface area contributed by atoms with Gasteiger partial charge in [-0.15, -0.1) is 24.0 Å². The molecule has 24 heavy (non-hydrogen) atoms. The van der Waals surface area contributed by atoms with E-state index in [1.54, 1.807) is 0 Å². The van der Waals surface area contributed by atoms with Crippen molar-refractivity contribution in [3.05, 3.63) is 0 Å². The molecule has 1 N–H and O–H groups in total. The van der Waals surface area contributed by atoms with E-state index in [9.17, 15) is 0 Å². The highest BCUT2D eigenvalue weighted by molar-refractivity contribution is 14.0. The van der Waals surface area contributed by atoms with E-state index in [-0.39, 0.29) is 24.0 Å². The topological polar surface area (TPSA) is 30.9 Å². The number of rotatable bonds is 6. The molecule has 0 spiro atoms. The van der Waals surface area contributed by atoms with Crippen molar-refractivity contribution in [2.24, 2.45) is 22.7 Å². The van der Waals surface area contributed by atoms with Crippen LogP contribution in [0.2, 0.25) is 0 Å². The molecule has 0 radical (unpaired) electrons. The van der Waals surface area contributed by atoms with E-state index in [0.29, 0.717) is 0 Å². The fraction of sp³-hybridized carbons (Fsp3) is 0.947. The van der Waals surface area contributed by atoms with Crippen molar-refractivity contribution in [1.29, 1.82) is 0 Å². The highest BCUT2D eigenvalue weighted by Gasteiger charge is 2.29. The smallest absolute Gasteiger partial charge is 0.193 e. The lowest BCUT2D eigenvalue weighted by Gasteiger charge is -2.29. The quantitative estimate of drug-likeness (QED) is 0.381. The van der Waals surface area contributed by atoms with Crippen LogP contribution >= 0.6 is 24.0 Å². The molecule has 0 amide bonds. The fourth-order valence-electron chi connectivity index (χ4n) is 4.38. The van der Waals surface area contributed by atoms with E-state index >= 15 is 0 Å². The maximum absolute atomic E-state index is 5.00. The van der Waals surface area contributed by atoms with Gasteiger partial charge >= 0.3 is 0 Å². The number of nitrogens with one attached hydrogen (secondary N) is 1. The van der Waals surface area contributed by atoms with E-state index in [2.05, 4.69) is 42.9 Å². The second kappa shape index (κ2) is 11.6. The summed E-state index contributed by atoms with van der Waals surface area (Å²) in [7, 11) is 2.24. The number of hydrogen-bond donors (Lipinski definition) is 1. The van der Waals surface area contributed by atoms with E-state index in [0.717, 1.165) is 36.8 Å². The number of aliphatic imine (C=N–C) groups is 1. The molecular formula is C19H39IN4. The second-order valence-electron chi connectivity index (χ2n) is 7.54. The van der Waals surface area contributed by atoms with Gasteiger partial charge in [0, 0.05) is 32.7 Å². The largest absolute Gasteiger partial charge is 0.357 e. The molecule has 0 aromatic carbocycles. The normalized spacial score (nSPS) is 25.9. The summed E-state index contributed by atoms with van der Waals surface area (Å²) in [6, 6.07) is 0. The van der Waals surface area contributed by atoms with Crippen LogP contribution in [-0.2, 0) is 0 Å². The zero-order chi connectivity index (χ0) is 16.7. The molecule has 0 saturated carbocycles. The number of hydrogen-bond acceptors (Lipinski definition) is 2. The van der Waals surface area contributed by atoms with Crippen molar-refractivity contribution in [3.8, 4) is 0 Å². The third-order valence-electron chi connectivity index (χ3n) is 5.80. The Balaban J connectivity index is 0.00000288. The molecule has 2 aliphatic rings. The Morgan fingerprint density at radius 1 is 1.12 bits per heavy atom. The van der Waals surface area contributed by atoms with Crippen LogP contribution in [0.1, 0.15) is 52.9 Å². The molecule has 2 fully saturated rings. The summed E-state index contributed by atoms with van der Waals surface area (Å²) in [5.41, 5.74) is 0. The van der Waals surface area contributed by atoms with E-state index < -0.39 is 0 Å². The number of guanidine groups is 1. The van der Waals surface area contributed by atoms with Gasteiger partial charge < -0.3 is 15.1 Å². The highest BCUT2D eigenvalue weighted by atomic mass is 127. The van der Waals surface area contributed by atoms with Gasteiger partial charge in [-0.1, -0.05) is 26.7 Å². The van der Waals surface area contributed by atoms with Crippen LogP contribution < -0.4 is 5.32 Å². The van der Waals surface area contributed by atoms with Crippen LogP contribution in [0.5, 0.6) is 0 Å². The summed E-state index contributed by atoms with van der Waals surface area (Å²) in [5, 5.41) is 3.53. The Labute approximate surface area is 166 Å². The molecule has 5 heteroatoms. The first-order chi connectivity index (χ1) is 11.2. The second-order valence-corrected chi connectivity index (χ2v) is 7.54. The third-order valence-corrected chi connectivity index (χ3v) is 5.80. The molecule has 2 rings (SSSR count). The van der Waals surface area contributed by atoms with E-state index in [4.69, 9.17) is 4.99 Å². The maximum Gasteiger partial charge on any atom is 0.193 e. The van der Waals surface area contributed by atoms with Crippen molar-refractivity contribution < 1.29 is 0 Å². The first-order valence-electron chi connectivity index (χ1n) is 9.89. The Hall–Kier alpha value is -0.0400. The van der Waals surface area contributed by atoms with Gasteiger partial charge in [-0.05, 0) is 57.5 Å². The third kappa shape index (κ3) is 6.36. The predicted molar refractivity (Wildman–Crippen MR) is 115 cm³/mol. The first kappa shape index (κ1) is 22.0. The lowest BCUT2D eigenvalue weighted by molar-refractivity contribution is 0.214. The van der Waals surface area contributed by atoms with E-state index in [1.807, 2.05) is 0 Å². The van der Waals surface area contributed by atoms with Gasteiger partial charge in [0.1, 0.15) is 0 Å². The molecule has 0 aliphatic carbocycles. The molecule has 142 valence electrons. The van der Waals surface area contributed by atoms with Crippen LogP contribution in [0.3, 0.4) is 0 Å². The molecule has 2 unspecified atom stereocenters. The standard InChI is InChI=1S/C19H38N4.HI/c1-5-17(6-2)18-10-12-23(15-18)19(20-7-3)21-13-16-9-8-11-22(4)14-16;/h16-18H,5-15H2,1-4H3,(H,20,21);1H. The van der Waals surface area contributed by atoms with Crippen LogP contribution in [0.25, 0.3) is 0 Å². The Kier molecular flexibility index (Phi) is 10.6. The molecule has 2 atom stereocenters. The number of likely N-dealkylation sites (tertiary alicyclic amines) is 2. The van der Waals surface area contributed by atoms with Gasteiger partial charge in [-0.3, -0.25) is 4.99 Å². The molecule has 0 aromatic heterocycles. The van der Waals surface area contributed by atoms with Gasteiger partial charge in [0.05, 0.1) is 0 Å². The zero-order valence-corrected chi connectivity index (χ0v) is 18.6. The molecule has 4 nitrogen and oxygen atoms in total. The van der Waals surface area contributed by atoms with E-state index in [1.165, 1.54) is 58.3 Å². The Bertz CT molecular complexity index is 370. The maximum atomic E-state index is 5.00. The minimum absolute atomic E-state index is 0. The van der Waals surface area contributed by atoms with Gasteiger partial charge in [0.25, 0.3) is 0 Å². The summed E-state index contributed by atoms with van der Waals surface area (Å²) in [4.78, 5) is 9.97. The summed E-state index contributed by atoms with van der Waals surface area (Å²) in [6.07, 6.45) is 6.63. The highest BCUT2D eigenvalue weighted by Crippen LogP contribution is 2.28. The summed E-state index contributed by atoms with van der Waals surface area (Å²) in [5.74, 6) is 3.64. The average Bonchev–Trinajstić information content (AvgIpc) is 3.02. The van der Waals surface area contributed by atoms with Gasteiger partial charge in [-0.25, -0.2) is 0 Å². The Morgan fingerprint density at radius 2 is 1.88 bits per heavy atom. The van der Waals surface area contributed by atoms with Crippen molar-refractivity contribution in [3.63, 3.8) is 0 Å². The van der Waals surface area contributed by atoms with Crippen LogP contribution in [0.15, 0.2) is 4.99 Å². The monoisotopic (exact) mass is 450 g/mol. The lowest BCUT2D eigenvalue weighted by Crippen LogP contribution is -2.41. The Morgan fingerprint density at radius 3 is 2.50 bits per heavy atom. The molecule has 2 heterocycles. The number of piperidine rings is 1. The predicted octanol–water partition coefficient (Wildman–Crippen LogP) is 3.67. The molecule has 2 saturated heterocycles. The molecular weight excluding hydrogens is 411 g/mol. The molecule has 0 aromatic rings. The van der Waals surface area contributed by atoms with Gasteiger partial charge in [0.2, 0.25) is 0 Å². The minimum Gasteiger partial charge on any atom is -0.357 e.